The number of hydrogen-bond donors (Lipinski definition) is 0. The van der Waals surface area contributed by atoms with Gasteiger partial charge in [-0.15, -0.1) is 0 Å². The molecule has 0 unspecified atom stereocenters. The SMILES string of the molecule is c1ccc(-c2nc(-c3ccccc3)nc(-c3ccc4[se]c5[se]c6ccc(-c7nc(-c8ccccc8)nc(-c8ccccc8)n7)cc6c5c4c3)n2)cc1. The van der Waals surface area contributed by atoms with Gasteiger partial charge in [-0.3, -0.25) is 0 Å². The van der Waals surface area contributed by atoms with Crippen molar-refractivity contribution in [3.63, 3.8) is 0 Å². The van der Waals surface area contributed by atoms with Crippen LogP contribution in [0.5, 0.6) is 0 Å². The number of aromatic nitrogens is 6. The van der Waals surface area contributed by atoms with E-state index in [9.17, 15) is 0 Å². The molecule has 0 fully saturated rings. The van der Waals surface area contributed by atoms with E-state index in [1.54, 1.807) is 3.13 Å². The summed E-state index contributed by atoms with van der Waals surface area (Å²) in [6, 6.07) is 54.0. The van der Waals surface area contributed by atoms with E-state index in [-0.39, 0.29) is 29.0 Å². The molecule has 4 aromatic heterocycles. The molecule has 0 aliphatic carbocycles. The molecule has 52 heavy (non-hydrogen) atoms. The van der Waals surface area contributed by atoms with Gasteiger partial charge in [0.2, 0.25) is 0 Å². The second-order valence-corrected chi connectivity index (χ2v) is 18.1. The Morgan fingerprint density at radius 2 is 0.577 bits per heavy atom. The summed E-state index contributed by atoms with van der Waals surface area (Å²) in [6.07, 6.45) is 0. The first-order valence-corrected chi connectivity index (χ1v) is 20.3. The fourth-order valence-corrected chi connectivity index (χ4v) is 12.9. The fraction of sp³-hybridized carbons (Fsp3) is 0. The third-order valence-corrected chi connectivity index (χ3v) is 14.9. The second kappa shape index (κ2) is 13.0. The molecule has 10 rings (SSSR count). The Morgan fingerprint density at radius 1 is 0.288 bits per heavy atom. The molecule has 0 bridgehead atoms. The Bertz CT molecular complexity index is 2580. The summed E-state index contributed by atoms with van der Waals surface area (Å²) in [6.45, 7) is 0. The van der Waals surface area contributed by atoms with Gasteiger partial charge in [0.05, 0.1) is 0 Å². The molecule has 10 aromatic rings. The van der Waals surface area contributed by atoms with E-state index in [2.05, 4.69) is 36.4 Å². The number of fused-ring (bicyclic) bond motifs is 5. The van der Waals surface area contributed by atoms with Crippen LogP contribution in [0, 0.1) is 0 Å². The average Bonchev–Trinajstić information content (AvgIpc) is 3.77. The predicted octanol–water partition coefficient (Wildman–Crippen LogP) is 9.63. The Balaban J connectivity index is 1.13. The Kier molecular flexibility index (Phi) is 7.74. The molecule has 0 aliphatic heterocycles. The monoisotopic (exact) mass is 798 g/mol. The summed E-state index contributed by atoms with van der Waals surface area (Å²) in [4.78, 5) is 29.9. The first-order chi connectivity index (χ1) is 25.7. The second-order valence-electron chi connectivity index (χ2n) is 12.4. The Morgan fingerprint density at radius 3 is 0.885 bits per heavy atom. The fourth-order valence-electron chi connectivity index (χ4n) is 6.47. The van der Waals surface area contributed by atoms with E-state index in [4.69, 9.17) is 29.9 Å². The summed E-state index contributed by atoms with van der Waals surface area (Å²) in [5, 5.41) is 3.91. The van der Waals surface area contributed by atoms with E-state index in [0.717, 1.165) is 33.4 Å². The maximum atomic E-state index is 5.02. The minimum atomic E-state index is 0.264. The van der Waals surface area contributed by atoms with Gasteiger partial charge in [0.15, 0.2) is 0 Å². The zero-order valence-corrected chi connectivity index (χ0v) is 30.9. The van der Waals surface area contributed by atoms with E-state index >= 15 is 0 Å². The van der Waals surface area contributed by atoms with Crippen LogP contribution in [-0.2, 0) is 0 Å². The van der Waals surface area contributed by atoms with Crippen LogP contribution in [0.2, 0.25) is 0 Å². The predicted molar refractivity (Wildman–Crippen MR) is 212 cm³/mol. The third kappa shape index (κ3) is 5.69. The molecule has 0 amide bonds. The molecule has 0 aliphatic rings. The summed E-state index contributed by atoms with van der Waals surface area (Å²) in [7, 11) is 0. The van der Waals surface area contributed by atoms with Crippen molar-refractivity contribution in [2.75, 3.05) is 0 Å². The maximum absolute atomic E-state index is 5.02. The van der Waals surface area contributed by atoms with Gasteiger partial charge in [0.1, 0.15) is 0 Å². The van der Waals surface area contributed by atoms with Crippen molar-refractivity contribution >= 4 is 56.8 Å². The van der Waals surface area contributed by atoms with Gasteiger partial charge in [-0.1, -0.05) is 0 Å². The normalized spacial score (nSPS) is 11.5. The zero-order chi connectivity index (χ0) is 34.4. The first kappa shape index (κ1) is 30.9. The third-order valence-electron chi connectivity index (χ3n) is 9.02. The quantitative estimate of drug-likeness (QED) is 0.156. The molecule has 0 saturated carbocycles. The van der Waals surface area contributed by atoms with Crippen LogP contribution in [0.25, 0.3) is 96.1 Å². The summed E-state index contributed by atoms with van der Waals surface area (Å²) in [5.74, 6) is 3.99. The number of nitrogens with zero attached hydrogens (tertiary/aromatic N) is 6. The van der Waals surface area contributed by atoms with Crippen molar-refractivity contribution in [2.45, 2.75) is 0 Å². The number of rotatable bonds is 6. The van der Waals surface area contributed by atoms with Crippen LogP contribution in [0.3, 0.4) is 0 Å². The van der Waals surface area contributed by atoms with Gasteiger partial charge < -0.3 is 0 Å². The van der Waals surface area contributed by atoms with Crippen molar-refractivity contribution in [2.24, 2.45) is 0 Å². The van der Waals surface area contributed by atoms with Crippen LogP contribution in [0.1, 0.15) is 0 Å². The van der Waals surface area contributed by atoms with Crippen molar-refractivity contribution in [1.29, 1.82) is 0 Å². The van der Waals surface area contributed by atoms with Crippen LogP contribution >= 0.6 is 0 Å². The molecule has 6 nitrogen and oxygen atoms in total. The van der Waals surface area contributed by atoms with Crippen molar-refractivity contribution < 1.29 is 0 Å². The molecule has 6 aromatic carbocycles. The van der Waals surface area contributed by atoms with Gasteiger partial charge in [0.25, 0.3) is 0 Å². The van der Waals surface area contributed by atoms with Gasteiger partial charge in [-0.2, -0.15) is 0 Å². The molecule has 4 heterocycles. The molecule has 0 saturated heterocycles. The number of hydrogen-bond acceptors (Lipinski definition) is 6. The van der Waals surface area contributed by atoms with E-state index in [1.807, 2.05) is 121 Å². The first-order valence-electron chi connectivity index (χ1n) is 16.9. The van der Waals surface area contributed by atoms with Crippen LogP contribution in [-0.4, -0.2) is 58.9 Å². The molecular formula is C44H26N6Se2. The van der Waals surface area contributed by atoms with Gasteiger partial charge in [0, 0.05) is 0 Å². The Hall–Kier alpha value is -5.88. The molecular weight excluding hydrogens is 770 g/mol. The van der Waals surface area contributed by atoms with E-state index < -0.39 is 0 Å². The van der Waals surface area contributed by atoms with Gasteiger partial charge in [-0.25, -0.2) is 0 Å². The molecule has 0 atom stereocenters. The van der Waals surface area contributed by atoms with Gasteiger partial charge >= 0.3 is 313 Å². The van der Waals surface area contributed by atoms with Crippen LogP contribution in [0.15, 0.2) is 158 Å². The standard InChI is InChI=1S/C44H26N6Se2/c1-5-13-27(14-6-1)38-45-39(28-15-7-2-8-16-28)48-42(47-38)31-21-23-35-33(25-31)37-34-26-32(22-24-36(34)52-44(37)51-35)43-49-40(29-17-9-3-10-18-29)46-41(50-43)30-19-11-4-12-20-30/h1-26H. The molecule has 0 N–H and O–H groups in total. The van der Waals surface area contributed by atoms with E-state index in [1.165, 1.54) is 24.7 Å². The van der Waals surface area contributed by atoms with Crippen LogP contribution < -0.4 is 0 Å². The van der Waals surface area contributed by atoms with Gasteiger partial charge in [-0.05, 0) is 0 Å². The van der Waals surface area contributed by atoms with Crippen molar-refractivity contribution in [3.8, 4) is 68.3 Å². The topological polar surface area (TPSA) is 77.3 Å². The van der Waals surface area contributed by atoms with Crippen molar-refractivity contribution in [3.05, 3.63) is 158 Å². The number of benzene rings is 6. The average molecular weight is 797 g/mol. The summed E-state index contributed by atoms with van der Waals surface area (Å²) < 4.78 is 4.37. The van der Waals surface area contributed by atoms with E-state index in [0.29, 0.717) is 34.9 Å². The van der Waals surface area contributed by atoms with Crippen molar-refractivity contribution in [1.82, 2.24) is 29.9 Å². The zero-order valence-electron chi connectivity index (χ0n) is 27.5. The molecule has 0 spiro atoms. The summed E-state index contributed by atoms with van der Waals surface area (Å²) >= 11 is 0.528. The van der Waals surface area contributed by atoms with Crippen LogP contribution in [0.4, 0.5) is 0 Å². The molecule has 244 valence electrons. The molecule has 8 heteroatoms. The summed E-state index contributed by atoms with van der Waals surface area (Å²) in [5.41, 5.74) is 5.80. The minimum absolute atomic E-state index is 0.264. The Labute approximate surface area is 311 Å². The molecule has 0 radical (unpaired) electrons.